The zero-order valence-corrected chi connectivity index (χ0v) is 12.6. The molecule has 0 aliphatic carbocycles. The zero-order chi connectivity index (χ0) is 12.3. The van der Waals surface area contributed by atoms with E-state index in [0.29, 0.717) is 6.42 Å². The summed E-state index contributed by atoms with van der Waals surface area (Å²) in [6, 6.07) is 7.81. The summed E-state index contributed by atoms with van der Waals surface area (Å²) in [5.74, 6) is -1.08. The molecule has 0 amide bonds. The van der Waals surface area contributed by atoms with Gasteiger partial charge in [0.25, 0.3) is 0 Å². The minimum Gasteiger partial charge on any atom is -0.481 e. The second-order valence-corrected chi connectivity index (χ2v) is 6.00. The minimum atomic E-state index is -0.726. The fourth-order valence-corrected chi connectivity index (χ4v) is 1.88. The molecule has 1 aromatic carbocycles. The fraction of sp³-hybridized carbons (Fsp3) is 0.462. The summed E-state index contributed by atoms with van der Waals surface area (Å²) in [6.45, 7) is 5.89. The largest absolute Gasteiger partial charge is 0.481 e. The summed E-state index contributed by atoms with van der Waals surface area (Å²) in [5, 5.41) is 9.22. The van der Waals surface area contributed by atoms with E-state index in [1.807, 2.05) is 45.0 Å². The molecule has 96 valence electrons. The van der Waals surface area contributed by atoms with Gasteiger partial charge < -0.3 is 5.11 Å². The summed E-state index contributed by atoms with van der Waals surface area (Å²) < 4.78 is 1.01. The Hall–Kier alpha value is -0.540. The van der Waals surface area contributed by atoms with E-state index in [2.05, 4.69) is 15.9 Å². The van der Waals surface area contributed by atoms with Crippen molar-refractivity contribution in [2.75, 3.05) is 0 Å². The first-order chi connectivity index (χ1) is 7.30. The van der Waals surface area contributed by atoms with Gasteiger partial charge in [0.15, 0.2) is 0 Å². The van der Waals surface area contributed by atoms with Crippen molar-refractivity contribution in [2.45, 2.75) is 27.2 Å². The number of aliphatic carboxylic acids is 1. The SMILES string of the molecule is CC(C)(C)C(Cc1ccc(Br)cc1)C(=O)O.Cl. The van der Waals surface area contributed by atoms with Gasteiger partial charge in [-0.3, -0.25) is 4.79 Å². The van der Waals surface area contributed by atoms with E-state index in [1.165, 1.54) is 0 Å². The molecule has 1 unspecified atom stereocenters. The van der Waals surface area contributed by atoms with Crippen LogP contribution in [-0.2, 0) is 11.2 Å². The maximum absolute atomic E-state index is 11.2. The number of carboxylic acids is 1. The molecular formula is C13H18BrClO2. The maximum atomic E-state index is 11.2. The Morgan fingerprint density at radius 3 is 2.12 bits per heavy atom. The van der Waals surface area contributed by atoms with Crippen LogP contribution in [0.15, 0.2) is 28.7 Å². The highest BCUT2D eigenvalue weighted by atomic mass is 79.9. The van der Waals surface area contributed by atoms with Gasteiger partial charge in [0, 0.05) is 4.47 Å². The van der Waals surface area contributed by atoms with Crippen LogP contribution in [0.4, 0.5) is 0 Å². The molecule has 17 heavy (non-hydrogen) atoms. The predicted molar refractivity (Wildman–Crippen MR) is 75.7 cm³/mol. The normalized spacial score (nSPS) is 12.7. The molecule has 0 heterocycles. The molecule has 0 saturated carbocycles. The lowest BCUT2D eigenvalue weighted by Gasteiger charge is -2.27. The van der Waals surface area contributed by atoms with Crippen LogP contribution in [0.5, 0.6) is 0 Å². The number of halogens is 2. The van der Waals surface area contributed by atoms with Gasteiger partial charge in [-0.2, -0.15) is 0 Å². The van der Waals surface area contributed by atoms with Gasteiger partial charge in [-0.15, -0.1) is 12.4 Å². The first kappa shape index (κ1) is 16.5. The Morgan fingerprint density at radius 1 is 1.29 bits per heavy atom. The monoisotopic (exact) mass is 320 g/mol. The molecule has 0 bridgehead atoms. The standard InChI is InChI=1S/C13H17BrO2.ClH/c1-13(2,3)11(12(15)16)8-9-4-6-10(14)7-5-9;/h4-7,11H,8H2,1-3H3,(H,15,16);1H. The van der Waals surface area contributed by atoms with Gasteiger partial charge in [0.05, 0.1) is 5.92 Å². The van der Waals surface area contributed by atoms with Gasteiger partial charge in [0.1, 0.15) is 0 Å². The Morgan fingerprint density at radius 2 is 1.76 bits per heavy atom. The lowest BCUT2D eigenvalue weighted by molar-refractivity contribution is -0.145. The quantitative estimate of drug-likeness (QED) is 0.907. The molecule has 1 N–H and O–H groups in total. The Labute approximate surface area is 117 Å². The Bertz CT molecular complexity index is 368. The molecule has 1 aromatic rings. The smallest absolute Gasteiger partial charge is 0.307 e. The fourth-order valence-electron chi connectivity index (χ4n) is 1.62. The molecule has 1 atom stereocenters. The van der Waals surface area contributed by atoms with E-state index < -0.39 is 5.97 Å². The van der Waals surface area contributed by atoms with Gasteiger partial charge in [-0.25, -0.2) is 0 Å². The van der Waals surface area contributed by atoms with Crippen LogP contribution in [-0.4, -0.2) is 11.1 Å². The lowest BCUT2D eigenvalue weighted by atomic mass is 9.77. The van der Waals surface area contributed by atoms with Crippen molar-refractivity contribution >= 4 is 34.3 Å². The van der Waals surface area contributed by atoms with Crippen molar-refractivity contribution < 1.29 is 9.90 Å². The molecule has 2 nitrogen and oxygen atoms in total. The predicted octanol–water partition coefficient (Wildman–Crippen LogP) is 4.16. The van der Waals surface area contributed by atoms with Crippen molar-refractivity contribution in [3.8, 4) is 0 Å². The van der Waals surface area contributed by atoms with Crippen LogP contribution >= 0.6 is 28.3 Å². The van der Waals surface area contributed by atoms with Crippen molar-refractivity contribution in [1.29, 1.82) is 0 Å². The molecule has 0 radical (unpaired) electrons. The highest BCUT2D eigenvalue weighted by Crippen LogP contribution is 2.29. The van der Waals surface area contributed by atoms with Crippen LogP contribution in [0.1, 0.15) is 26.3 Å². The number of carboxylic acid groups (broad SMARTS) is 1. The summed E-state index contributed by atoms with van der Waals surface area (Å²) in [7, 11) is 0. The minimum absolute atomic E-state index is 0. The molecule has 0 aromatic heterocycles. The van der Waals surface area contributed by atoms with E-state index in [1.54, 1.807) is 0 Å². The number of hydrogen-bond acceptors (Lipinski definition) is 1. The van der Waals surface area contributed by atoms with Gasteiger partial charge in [-0.05, 0) is 29.5 Å². The summed E-state index contributed by atoms with van der Waals surface area (Å²) in [5.41, 5.74) is 0.837. The summed E-state index contributed by atoms with van der Waals surface area (Å²) in [6.07, 6.45) is 0.576. The van der Waals surface area contributed by atoms with Crippen LogP contribution in [0.3, 0.4) is 0 Å². The third kappa shape index (κ3) is 5.09. The second kappa shape index (κ2) is 6.41. The lowest BCUT2D eigenvalue weighted by Crippen LogP contribution is -2.30. The molecule has 0 fully saturated rings. The van der Waals surface area contributed by atoms with Crippen molar-refractivity contribution in [1.82, 2.24) is 0 Å². The maximum Gasteiger partial charge on any atom is 0.307 e. The highest BCUT2D eigenvalue weighted by molar-refractivity contribution is 9.10. The summed E-state index contributed by atoms with van der Waals surface area (Å²) >= 11 is 3.36. The van der Waals surface area contributed by atoms with Gasteiger partial charge in [0.2, 0.25) is 0 Å². The van der Waals surface area contributed by atoms with Crippen molar-refractivity contribution in [3.05, 3.63) is 34.3 Å². The molecule has 0 aliphatic heterocycles. The first-order valence-electron chi connectivity index (χ1n) is 5.28. The number of benzene rings is 1. The molecular weight excluding hydrogens is 303 g/mol. The average Bonchev–Trinajstić information content (AvgIpc) is 2.14. The number of hydrogen-bond donors (Lipinski definition) is 1. The average molecular weight is 322 g/mol. The van der Waals surface area contributed by atoms with E-state index in [9.17, 15) is 9.90 Å². The second-order valence-electron chi connectivity index (χ2n) is 5.09. The van der Waals surface area contributed by atoms with Crippen molar-refractivity contribution in [3.63, 3.8) is 0 Å². The van der Waals surface area contributed by atoms with Crippen LogP contribution in [0.25, 0.3) is 0 Å². The molecule has 0 saturated heterocycles. The number of carbonyl (C=O) groups is 1. The number of rotatable bonds is 3. The van der Waals surface area contributed by atoms with E-state index in [4.69, 9.17) is 0 Å². The van der Waals surface area contributed by atoms with Gasteiger partial charge in [-0.1, -0.05) is 48.8 Å². The van der Waals surface area contributed by atoms with Crippen LogP contribution in [0.2, 0.25) is 0 Å². The Balaban J connectivity index is 0.00000256. The molecule has 0 aliphatic rings. The molecule has 0 spiro atoms. The first-order valence-corrected chi connectivity index (χ1v) is 6.07. The zero-order valence-electron chi connectivity index (χ0n) is 10.2. The molecule has 1 rings (SSSR count). The van der Waals surface area contributed by atoms with E-state index in [-0.39, 0.29) is 23.7 Å². The third-order valence-corrected chi connectivity index (χ3v) is 3.23. The topological polar surface area (TPSA) is 37.3 Å². The van der Waals surface area contributed by atoms with Crippen LogP contribution < -0.4 is 0 Å². The van der Waals surface area contributed by atoms with Crippen LogP contribution in [0, 0.1) is 11.3 Å². The van der Waals surface area contributed by atoms with E-state index in [0.717, 1.165) is 10.0 Å². The highest BCUT2D eigenvalue weighted by Gasteiger charge is 2.30. The van der Waals surface area contributed by atoms with E-state index >= 15 is 0 Å². The molecule has 4 heteroatoms. The van der Waals surface area contributed by atoms with Gasteiger partial charge >= 0.3 is 5.97 Å². The summed E-state index contributed by atoms with van der Waals surface area (Å²) in [4.78, 5) is 11.2. The Kier molecular flexibility index (Phi) is 6.20. The third-order valence-electron chi connectivity index (χ3n) is 2.70. The van der Waals surface area contributed by atoms with Crippen molar-refractivity contribution in [2.24, 2.45) is 11.3 Å².